The predicted molar refractivity (Wildman–Crippen MR) is 72.0 cm³/mol. The van der Waals surface area contributed by atoms with Crippen LogP contribution in [-0.2, 0) is 0 Å². The second-order valence-electron chi connectivity index (χ2n) is 4.94. The molecule has 1 atom stereocenters. The third-order valence-corrected chi connectivity index (χ3v) is 4.17. The summed E-state index contributed by atoms with van der Waals surface area (Å²) in [6, 6.07) is 4.76. The number of carbonyl (C=O) groups is 1. The van der Waals surface area contributed by atoms with E-state index in [-0.39, 0.29) is 18.5 Å². The van der Waals surface area contributed by atoms with E-state index in [4.69, 9.17) is 5.26 Å². The first-order valence-corrected chi connectivity index (χ1v) is 7.29. The van der Waals surface area contributed by atoms with Gasteiger partial charge in [-0.3, -0.25) is 9.69 Å². The van der Waals surface area contributed by atoms with Crippen LogP contribution in [0.15, 0.2) is 12.1 Å². The monoisotopic (exact) mass is 317 g/mol. The number of halogens is 3. The van der Waals surface area contributed by atoms with Gasteiger partial charge in [0.05, 0.1) is 11.4 Å². The molecule has 4 nitrogen and oxygen atoms in total. The van der Waals surface area contributed by atoms with E-state index < -0.39 is 12.7 Å². The summed E-state index contributed by atoms with van der Waals surface area (Å²) in [6.45, 7) is -0.359. The molecule has 2 heterocycles. The number of nitriles is 1. The molecule has 1 saturated heterocycles. The van der Waals surface area contributed by atoms with Crippen LogP contribution >= 0.6 is 11.3 Å². The molecule has 2 rings (SSSR count). The molecule has 0 bridgehead atoms. The van der Waals surface area contributed by atoms with Gasteiger partial charge in [0, 0.05) is 12.6 Å². The second kappa shape index (κ2) is 6.45. The summed E-state index contributed by atoms with van der Waals surface area (Å²) in [6.07, 6.45) is -2.94. The van der Waals surface area contributed by atoms with Gasteiger partial charge in [-0.1, -0.05) is 0 Å². The van der Waals surface area contributed by atoms with Gasteiger partial charge < -0.3 is 5.32 Å². The molecule has 1 aliphatic rings. The van der Waals surface area contributed by atoms with E-state index in [9.17, 15) is 18.0 Å². The molecule has 8 heteroatoms. The Morgan fingerprint density at radius 1 is 1.52 bits per heavy atom. The number of piperidine rings is 1. The van der Waals surface area contributed by atoms with Crippen molar-refractivity contribution in [1.29, 1.82) is 5.26 Å². The summed E-state index contributed by atoms with van der Waals surface area (Å²) in [5.41, 5.74) is 0. The van der Waals surface area contributed by atoms with Crippen LogP contribution in [0.2, 0.25) is 0 Å². The van der Waals surface area contributed by atoms with Crippen LogP contribution in [0.4, 0.5) is 13.2 Å². The van der Waals surface area contributed by atoms with E-state index in [1.54, 1.807) is 12.1 Å². The van der Waals surface area contributed by atoms with E-state index in [2.05, 4.69) is 5.32 Å². The Kier molecular flexibility index (Phi) is 4.85. The van der Waals surface area contributed by atoms with Crippen molar-refractivity contribution >= 4 is 17.2 Å². The molecule has 0 spiro atoms. The van der Waals surface area contributed by atoms with Gasteiger partial charge in [-0.2, -0.15) is 18.4 Å². The summed E-state index contributed by atoms with van der Waals surface area (Å²) < 4.78 is 37.1. The third-order valence-electron chi connectivity index (χ3n) is 3.18. The number of likely N-dealkylation sites (tertiary alicyclic amines) is 1. The van der Waals surface area contributed by atoms with Crippen molar-refractivity contribution in [3.63, 3.8) is 0 Å². The second-order valence-corrected chi connectivity index (χ2v) is 6.02. The van der Waals surface area contributed by atoms with Crippen LogP contribution in [0.5, 0.6) is 0 Å². The van der Waals surface area contributed by atoms with Crippen molar-refractivity contribution in [3.05, 3.63) is 21.9 Å². The van der Waals surface area contributed by atoms with Crippen LogP contribution in [0.3, 0.4) is 0 Å². The summed E-state index contributed by atoms with van der Waals surface area (Å²) in [7, 11) is 0. The van der Waals surface area contributed by atoms with Gasteiger partial charge in [-0.15, -0.1) is 11.3 Å². The standard InChI is InChI=1S/C13H14F3N3OS/c14-13(15,16)8-19-5-1-2-9(7-19)18-12(20)11-4-3-10(6-17)21-11/h3-4,9H,1-2,5,7-8H2,(H,18,20)/t9-/m0/s1. The molecule has 1 aliphatic heterocycles. The number of nitrogens with zero attached hydrogens (tertiary/aromatic N) is 2. The minimum absolute atomic E-state index is 0.196. The molecule has 1 amide bonds. The molecule has 0 aromatic carbocycles. The Balaban J connectivity index is 1.90. The first-order valence-electron chi connectivity index (χ1n) is 6.47. The largest absolute Gasteiger partial charge is 0.401 e. The predicted octanol–water partition coefficient (Wildman–Crippen LogP) is 2.38. The molecule has 0 radical (unpaired) electrons. The maximum absolute atomic E-state index is 12.4. The van der Waals surface area contributed by atoms with E-state index in [0.29, 0.717) is 29.1 Å². The summed E-state index contributed by atoms with van der Waals surface area (Å²) in [4.78, 5) is 14.1. The van der Waals surface area contributed by atoms with E-state index in [0.717, 1.165) is 11.3 Å². The number of nitrogens with one attached hydrogen (secondary N) is 1. The Hall–Kier alpha value is -1.59. The fourth-order valence-corrected chi connectivity index (χ4v) is 3.05. The molecule has 0 aliphatic carbocycles. The van der Waals surface area contributed by atoms with Crippen LogP contribution in [-0.4, -0.2) is 42.7 Å². The van der Waals surface area contributed by atoms with Gasteiger partial charge in [0.25, 0.3) is 5.91 Å². The van der Waals surface area contributed by atoms with Gasteiger partial charge in [-0.25, -0.2) is 0 Å². The normalized spacial score (nSPS) is 20.0. The maximum Gasteiger partial charge on any atom is 0.401 e. The topological polar surface area (TPSA) is 56.1 Å². The van der Waals surface area contributed by atoms with Crippen molar-refractivity contribution in [3.8, 4) is 6.07 Å². The van der Waals surface area contributed by atoms with Gasteiger partial charge in [0.1, 0.15) is 10.9 Å². The van der Waals surface area contributed by atoms with Crippen molar-refractivity contribution in [2.24, 2.45) is 0 Å². The Morgan fingerprint density at radius 3 is 2.90 bits per heavy atom. The maximum atomic E-state index is 12.4. The SMILES string of the molecule is N#Cc1ccc(C(=O)N[C@H]2CCCN(CC(F)(F)F)C2)s1. The van der Waals surface area contributed by atoms with Crippen LogP contribution in [0.25, 0.3) is 0 Å². The third kappa shape index (κ3) is 4.72. The Bertz CT molecular complexity index is 550. The smallest absolute Gasteiger partial charge is 0.347 e. The van der Waals surface area contributed by atoms with Crippen LogP contribution < -0.4 is 5.32 Å². The molecular formula is C13H14F3N3OS. The van der Waals surface area contributed by atoms with Gasteiger partial charge in [-0.05, 0) is 31.5 Å². The fraction of sp³-hybridized carbons (Fsp3) is 0.538. The van der Waals surface area contributed by atoms with Gasteiger partial charge >= 0.3 is 6.18 Å². The number of carbonyl (C=O) groups excluding carboxylic acids is 1. The van der Waals surface area contributed by atoms with Gasteiger partial charge in [0.2, 0.25) is 0 Å². The summed E-state index contributed by atoms with van der Waals surface area (Å²) in [5.74, 6) is -0.333. The van der Waals surface area contributed by atoms with Crippen molar-refractivity contribution in [2.75, 3.05) is 19.6 Å². The minimum Gasteiger partial charge on any atom is -0.347 e. The quantitative estimate of drug-likeness (QED) is 0.931. The number of hydrogen-bond donors (Lipinski definition) is 1. The highest BCUT2D eigenvalue weighted by atomic mass is 32.1. The molecular weight excluding hydrogens is 303 g/mol. The van der Waals surface area contributed by atoms with Crippen molar-refractivity contribution < 1.29 is 18.0 Å². The lowest BCUT2D eigenvalue weighted by molar-refractivity contribution is -0.148. The average molecular weight is 317 g/mol. The highest BCUT2D eigenvalue weighted by Crippen LogP contribution is 2.20. The molecule has 21 heavy (non-hydrogen) atoms. The Morgan fingerprint density at radius 2 is 2.29 bits per heavy atom. The Labute approximate surface area is 124 Å². The lowest BCUT2D eigenvalue weighted by Crippen LogP contribution is -2.49. The highest BCUT2D eigenvalue weighted by molar-refractivity contribution is 7.14. The fourth-order valence-electron chi connectivity index (χ4n) is 2.35. The van der Waals surface area contributed by atoms with Crippen molar-refractivity contribution in [2.45, 2.75) is 25.1 Å². The molecule has 0 saturated carbocycles. The minimum atomic E-state index is -4.22. The molecule has 1 fully saturated rings. The lowest BCUT2D eigenvalue weighted by atomic mass is 10.1. The molecule has 1 N–H and O–H groups in total. The average Bonchev–Trinajstić information content (AvgIpc) is 2.85. The molecule has 114 valence electrons. The number of alkyl halides is 3. The first kappa shape index (κ1) is 15.8. The number of thiophene rings is 1. The van der Waals surface area contributed by atoms with Gasteiger partial charge in [0.15, 0.2) is 0 Å². The highest BCUT2D eigenvalue weighted by Gasteiger charge is 2.33. The zero-order valence-electron chi connectivity index (χ0n) is 11.1. The zero-order valence-corrected chi connectivity index (χ0v) is 11.9. The van der Waals surface area contributed by atoms with Crippen molar-refractivity contribution in [1.82, 2.24) is 10.2 Å². The number of amides is 1. The van der Waals surface area contributed by atoms with E-state index >= 15 is 0 Å². The van der Waals surface area contributed by atoms with E-state index in [1.807, 2.05) is 6.07 Å². The number of rotatable bonds is 3. The van der Waals surface area contributed by atoms with Crippen LogP contribution in [0.1, 0.15) is 27.4 Å². The van der Waals surface area contributed by atoms with Crippen LogP contribution in [0, 0.1) is 11.3 Å². The zero-order chi connectivity index (χ0) is 15.5. The molecule has 1 aromatic rings. The first-order chi connectivity index (χ1) is 9.87. The molecule has 0 unspecified atom stereocenters. The summed E-state index contributed by atoms with van der Waals surface area (Å²) in [5, 5.41) is 11.5. The molecule has 1 aromatic heterocycles. The number of hydrogen-bond acceptors (Lipinski definition) is 4. The lowest BCUT2D eigenvalue weighted by Gasteiger charge is -2.33. The van der Waals surface area contributed by atoms with E-state index in [1.165, 1.54) is 4.90 Å². The summed E-state index contributed by atoms with van der Waals surface area (Å²) >= 11 is 1.07.